The topological polar surface area (TPSA) is 24.3 Å². The Morgan fingerprint density at radius 3 is 2.69 bits per heavy atom. The predicted molar refractivity (Wildman–Crippen MR) is 114 cm³/mol. The Morgan fingerprint density at radius 1 is 1.03 bits per heavy atom. The van der Waals surface area contributed by atoms with Crippen LogP contribution in [0.15, 0.2) is 54.7 Å². The fourth-order valence-corrected chi connectivity index (χ4v) is 4.80. The van der Waals surface area contributed by atoms with E-state index in [9.17, 15) is 4.39 Å². The van der Waals surface area contributed by atoms with E-state index >= 15 is 0 Å². The zero-order valence-electron chi connectivity index (χ0n) is 16.3. The highest BCUT2D eigenvalue weighted by molar-refractivity contribution is 6.33. The molecule has 0 N–H and O–H groups in total. The average molecular weight is 411 g/mol. The molecule has 2 saturated heterocycles. The summed E-state index contributed by atoms with van der Waals surface area (Å²) in [6.45, 7) is 5.39. The molecule has 4 nitrogen and oxygen atoms in total. The Kier molecular flexibility index (Phi) is 5.12. The SMILES string of the molecule is Fc1ccc(-n2cc(CN3CCN4CCC[C@@H]4C3)c(-c3ccccc3Cl)n2)cc1. The van der Waals surface area contributed by atoms with Crippen molar-refractivity contribution in [1.29, 1.82) is 0 Å². The van der Waals surface area contributed by atoms with Crippen LogP contribution in [0.25, 0.3) is 16.9 Å². The lowest BCUT2D eigenvalue weighted by Gasteiger charge is -2.37. The molecule has 29 heavy (non-hydrogen) atoms. The van der Waals surface area contributed by atoms with E-state index in [1.807, 2.05) is 28.9 Å². The average Bonchev–Trinajstić information content (AvgIpc) is 3.36. The van der Waals surface area contributed by atoms with Crippen molar-refractivity contribution in [3.05, 3.63) is 71.1 Å². The van der Waals surface area contributed by atoms with Gasteiger partial charge in [-0.15, -0.1) is 0 Å². The molecule has 2 fully saturated rings. The number of halogens is 2. The summed E-state index contributed by atoms with van der Waals surface area (Å²) >= 11 is 6.50. The van der Waals surface area contributed by atoms with Crippen LogP contribution < -0.4 is 0 Å². The molecule has 6 heteroatoms. The summed E-state index contributed by atoms with van der Waals surface area (Å²) in [5.41, 5.74) is 3.82. The molecule has 1 aromatic heterocycles. The fraction of sp³-hybridized carbons (Fsp3) is 0.348. The second kappa shape index (κ2) is 7.90. The minimum atomic E-state index is -0.248. The second-order valence-electron chi connectivity index (χ2n) is 7.97. The molecule has 1 atom stereocenters. The van der Waals surface area contributed by atoms with E-state index in [2.05, 4.69) is 16.0 Å². The van der Waals surface area contributed by atoms with Crippen molar-refractivity contribution in [2.24, 2.45) is 0 Å². The van der Waals surface area contributed by atoms with Gasteiger partial charge in [-0.05, 0) is 49.7 Å². The monoisotopic (exact) mass is 410 g/mol. The smallest absolute Gasteiger partial charge is 0.123 e. The van der Waals surface area contributed by atoms with Crippen molar-refractivity contribution in [2.75, 3.05) is 26.2 Å². The van der Waals surface area contributed by atoms with Crippen LogP contribution in [0.1, 0.15) is 18.4 Å². The third-order valence-corrected chi connectivity index (χ3v) is 6.41. The van der Waals surface area contributed by atoms with Gasteiger partial charge in [-0.1, -0.05) is 29.8 Å². The lowest BCUT2D eigenvalue weighted by atomic mass is 10.1. The molecule has 0 unspecified atom stereocenters. The normalized spacial score (nSPS) is 20.1. The Bertz CT molecular complexity index is 1000. The molecular formula is C23H24ClFN4. The predicted octanol–water partition coefficient (Wildman–Crippen LogP) is 4.61. The van der Waals surface area contributed by atoms with Gasteiger partial charge in [0.1, 0.15) is 5.82 Å². The van der Waals surface area contributed by atoms with Crippen molar-refractivity contribution in [3.63, 3.8) is 0 Å². The van der Waals surface area contributed by atoms with Crippen molar-refractivity contribution < 1.29 is 4.39 Å². The molecule has 0 bridgehead atoms. The van der Waals surface area contributed by atoms with E-state index < -0.39 is 0 Å². The van der Waals surface area contributed by atoms with E-state index in [4.69, 9.17) is 16.7 Å². The van der Waals surface area contributed by atoms with Crippen LogP contribution in [0, 0.1) is 5.82 Å². The molecule has 2 aromatic carbocycles. The number of nitrogens with zero attached hydrogens (tertiary/aromatic N) is 4. The van der Waals surface area contributed by atoms with Gasteiger partial charge >= 0.3 is 0 Å². The summed E-state index contributed by atoms with van der Waals surface area (Å²) in [7, 11) is 0. The first-order valence-corrected chi connectivity index (χ1v) is 10.6. The Hall–Kier alpha value is -2.21. The first kappa shape index (κ1) is 18.8. The molecule has 0 amide bonds. The number of rotatable bonds is 4. The molecule has 0 aliphatic carbocycles. The van der Waals surface area contributed by atoms with E-state index in [-0.39, 0.29) is 5.82 Å². The highest BCUT2D eigenvalue weighted by Gasteiger charge is 2.31. The van der Waals surface area contributed by atoms with Gasteiger partial charge in [0.05, 0.1) is 16.4 Å². The van der Waals surface area contributed by atoms with Crippen molar-refractivity contribution in [1.82, 2.24) is 19.6 Å². The first-order valence-electron chi connectivity index (χ1n) is 10.2. The number of hydrogen-bond donors (Lipinski definition) is 0. The third kappa shape index (κ3) is 3.82. The van der Waals surface area contributed by atoms with Gasteiger partial charge in [0.2, 0.25) is 0 Å². The molecule has 3 aromatic rings. The van der Waals surface area contributed by atoms with Gasteiger partial charge in [0, 0.05) is 49.5 Å². The number of aromatic nitrogens is 2. The van der Waals surface area contributed by atoms with Crippen molar-refractivity contribution >= 4 is 11.6 Å². The highest BCUT2D eigenvalue weighted by Crippen LogP contribution is 2.31. The first-order chi connectivity index (χ1) is 14.2. The standard InChI is InChI=1S/C23H24ClFN4/c24-22-6-2-1-5-21(22)23-17(14-27-12-13-28-11-3-4-20(28)16-27)15-29(26-23)19-9-7-18(25)8-10-19/h1-2,5-10,15,20H,3-4,11-14,16H2/t20-/m1/s1. The summed E-state index contributed by atoms with van der Waals surface area (Å²) in [4.78, 5) is 5.15. The molecular weight excluding hydrogens is 387 g/mol. The van der Waals surface area contributed by atoms with Gasteiger partial charge in [-0.2, -0.15) is 5.10 Å². The van der Waals surface area contributed by atoms with E-state index in [0.717, 1.165) is 48.7 Å². The second-order valence-corrected chi connectivity index (χ2v) is 8.38. The maximum atomic E-state index is 13.4. The molecule has 150 valence electrons. The van der Waals surface area contributed by atoms with E-state index in [1.54, 1.807) is 12.1 Å². The Balaban J connectivity index is 1.49. The third-order valence-electron chi connectivity index (χ3n) is 6.08. The largest absolute Gasteiger partial charge is 0.298 e. The lowest BCUT2D eigenvalue weighted by Crippen LogP contribution is -2.49. The Morgan fingerprint density at radius 2 is 1.86 bits per heavy atom. The van der Waals surface area contributed by atoms with Crippen LogP contribution in [0.2, 0.25) is 5.02 Å². The van der Waals surface area contributed by atoms with Gasteiger partial charge in [-0.25, -0.2) is 9.07 Å². The number of hydrogen-bond acceptors (Lipinski definition) is 3. The quantitative estimate of drug-likeness (QED) is 0.627. The summed E-state index contributed by atoms with van der Waals surface area (Å²) in [6.07, 6.45) is 4.67. The van der Waals surface area contributed by atoms with Gasteiger partial charge in [0.25, 0.3) is 0 Å². The van der Waals surface area contributed by atoms with E-state index in [1.165, 1.54) is 31.5 Å². The van der Waals surface area contributed by atoms with Crippen molar-refractivity contribution in [3.8, 4) is 16.9 Å². The highest BCUT2D eigenvalue weighted by atomic mass is 35.5. The van der Waals surface area contributed by atoms with Crippen LogP contribution in [0.5, 0.6) is 0 Å². The van der Waals surface area contributed by atoms with Gasteiger partial charge in [-0.3, -0.25) is 9.80 Å². The summed E-state index contributed by atoms with van der Waals surface area (Å²) in [6, 6.07) is 14.9. The molecule has 3 heterocycles. The van der Waals surface area contributed by atoms with E-state index in [0.29, 0.717) is 11.1 Å². The maximum absolute atomic E-state index is 13.4. The number of fused-ring (bicyclic) bond motifs is 1. The molecule has 0 saturated carbocycles. The van der Waals surface area contributed by atoms with Crippen LogP contribution in [0.3, 0.4) is 0 Å². The van der Waals surface area contributed by atoms with Gasteiger partial charge < -0.3 is 0 Å². The van der Waals surface area contributed by atoms with Crippen LogP contribution in [-0.4, -0.2) is 51.8 Å². The molecule has 2 aliphatic heterocycles. The summed E-state index contributed by atoms with van der Waals surface area (Å²) in [5.74, 6) is -0.248. The summed E-state index contributed by atoms with van der Waals surface area (Å²) < 4.78 is 15.2. The minimum absolute atomic E-state index is 0.248. The molecule has 2 aliphatic rings. The maximum Gasteiger partial charge on any atom is 0.123 e. The van der Waals surface area contributed by atoms with Crippen LogP contribution >= 0.6 is 11.6 Å². The Labute approximate surface area is 175 Å². The number of benzene rings is 2. The molecule has 5 rings (SSSR count). The van der Waals surface area contributed by atoms with Crippen LogP contribution in [-0.2, 0) is 6.54 Å². The van der Waals surface area contributed by atoms with Crippen molar-refractivity contribution in [2.45, 2.75) is 25.4 Å². The minimum Gasteiger partial charge on any atom is -0.298 e. The summed E-state index contributed by atoms with van der Waals surface area (Å²) in [5, 5.41) is 5.54. The zero-order chi connectivity index (χ0) is 19.8. The lowest BCUT2D eigenvalue weighted by molar-refractivity contribution is 0.0995. The van der Waals surface area contributed by atoms with Crippen LogP contribution in [0.4, 0.5) is 4.39 Å². The molecule has 0 radical (unpaired) electrons. The van der Waals surface area contributed by atoms with Gasteiger partial charge in [0.15, 0.2) is 0 Å². The zero-order valence-corrected chi connectivity index (χ0v) is 17.0. The fourth-order valence-electron chi connectivity index (χ4n) is 4.57. The number of piperazine rings is 1. The molecule has 0 spiro atoms.